The molecule has 4 rings (SSSR count). The van der Waals surface area contributed by atoms with Gasteiger partial charge in [-0.1, -0.05) is 18.2 Å². The molecular weight excluding hydrogens is 372 g/mol. The first-order chi connectivity index (χ1) is 14.0. The van der Waals surface area contributed by atoms with Crippen LogP contribution in [0.4, 0.5) is 0 Å². The van der Waals surface area contributed by atoms with Gasteiger partial charge in [0.15, 0.2) is 0 Å². The molecule has 29 heavy (non-hydrogen) atoms. The number of aromatic nitrogens is 1. The van der Waals surface area contributed by atoms with E-state index in [1.54, 1.807) is 0 Å². The number of fused-ring (bicyclic) bond motifs is 1. The highest BCUT2D eigenvalue weighted by molar-refractivity contribution is 5.93. The molecule has 2 aliphatic rings. The maximum Gasteiger partial charge on any atom is 0.326 e. The van der Waals surface area contributed by atoms with Crippen molar-refractivity contribution in [2.45, 2.75) is 50.2 Å². The fraction of sp³-hybridized carbons (Fsp3) is 0.476. The van der Waals surface area contributed by atoms with E-state index in [-0.39, 0.29) is 17.9 Å². The summed E-state index contributed by atoms with van der Waals surface area (Å²) in [7, 11) is 0. The van der Waals surface area contributed by atoms with E-state index >= 15 is 0 Å². The van der Waals surface area contributed by atoms with E-state index in [0.29, 0.717) is 25.8 Å². The molecule has 1 aromatic carbocycles. The van der Waals surface area contributed by atoms with Crippen molar-refractivity contribution in [1.29, 1.82) is 0 Å². The van der Waals surface area contributed by atoms with Gasteiger partial charge in [-0.25, -0.2) is 4.79 Å². The van der Waals surface area contributed by atoms with Crippen molar-refractivity contribution >= 4 is 28.7 Å². The lowest BCUT2D eigenvalue weighted by Gasteiger charge is -2.28. The Bertz CT molecular complexity index is 918. The molecule has 2 amide bonds. The molecule has 1 aromatic heterocycles. The Balaban J connectivity index is 1.58. The summed E-state index contributed by atoms with van der Waals surface area (Å²) in [6.07, 6.45) is 4.92. The number of hydrogen-bond acceptors (Lipinski definition) is 4. The minimum atomic E-state index is -0.995. The summed E-state index contributed by atoms with van der Waals surface area (Å²) < 4.78 is 0. The molecule has 3 atom stereocenters. The van der Waals surface area contributed by atoms with Gasteiger partial charge in [-0.15, -0.1) is 0 Å². The Morgan fingerprint density at radius 1 is 1.21 bits per heavy atom. The van der Waals surface area contributed by atoms with Gasteiger partial charge in [-0.3, -0.25) is 9.59 Å². The number of rotatable bonds is 6. The zero-order chi connectivity index (χ0) is 20.4. The topological polar surface area (TPSA) is 115 Å². The molecule has 2 saturated heterocycles. The summed E-state index contributed by atoms with van der Waals surface area (Å²) in [6, 6.07) is 5.86. The van der Waals surface area contributed by atoms with E-state index in [1.807, 2.05) is 30.5 Å². The van der Waals surface area contributed by atoms with Gasteiger partial charge in [0, 0.05) is 30.1 Å². The third kappa shape index (κ3) is 3.98. The van der Waals surface area contributed by atoms with E-state index < -0.39 is 18.1 Å². The SMILES string of the molecule is O=C(N[C@@H](Cc1c[nH]c2ccccc12)C(=O)N1CCC[C@@H]1C(=O)O)[C@@H]1CCCN1. The Morgan fingerprint density at radius 2 is 2.03 bits per heavy atom. The predicted molar refractivity (Wildman–Crippen MR) is 107 cm³/mol. The number of carboxylic acid groups (broad SMARTS) is 1. The van der Waals surface area contributed by atoms with Crippen LogP contribution in [0.2, 0.25) is 0 Å². The summed E-state index contributed by atoms with van der Waals surface area (Å²) in [5.74, 6) is -1.52. The number of nitrogens with zero attached hydrogens (tertiary/aromatic N) is 1. The van der Waals surface area contributed by atoms with Crippen molar-refractivity contribution in [2.75, 3.05) is 13.1 Å². The number of aromatic amines is 1. The molecule has 0 radical (unpaired) electrons. The molecule has 2 aliphatic heterocycles. The minimum absolute atomic E-state index is 0.202. The van der Waals surface area contributed by atoms with Crippen molar-refractivity contribution in [3.63, 3.8) is 0 Å². The van der Waals surface area contributed by atoms with Crippen LogP contribution in [0.1, 0.15) is 31.2 Å². The standard InChI is InChI=1S/C21H26N4O4/c26-19(16-7-3-9-22-16)24-17(20(27)25-10-4-8-18(25)21(28)29)11-13-12-23-15-6-2-1-5-14(13)15/h1-2,5-6,12,16-18,22-23H,3-4,7-11H2,(H,24,26)(H,28,29)/t16-,17-,18+/m0/s1. The van der Waals surface area contributed by atoms with Crippen LogP contribution in [0.3, 0.4) is 0 Å². The van der Waals surface area contributed by atoms with Crippen LogP contribution >= 0.6 is 0 Å². The Kier molecular flexibility index (Phi) is 5.53. The molecule has 2 aromatic rings. The number of amides is 2. The molecule has 8 heteroatoms. The van der Waals surface area contributed by atoms with Crippen LogP contribution < -0.4 is 10.6 Å². The van der Waals surface area contributed by atoms with Crippen LogP contribution in [0.25, 0.3) is 10.9 Å². The largest absolute Gasteiger partial charge is 0.480 e. The van der Waals surface area contributed by atoms with Gasteiger partial charge in [-0.2, -0.15) is 0 Å². The molecule has 4 N–H and O–H groups in total. The highest BCUT2D eigenvalue weighted by Crippen LogP contribution is 2.23. The molecule has 2 fully saturated rings. The van der Waals surface area contributed by atoms with Gasteiger partial charge in [0.2, 0.25) is 11.8 Å². The average molecular weight is 398 g/mol. The Morgan fingerprint density at radius 3 is 2.79 bits per heavy atom. The number of likely N-dealkylation sites (tertiary alicyclic amines) is 1. The first-order valence-corrected chi connectivity index (χ1v) is 10.2. The molecule has 3 heterocycles. The summed E-state index contributed by atoms with van der Waals surface area (Å²) >= 11 is 0. The zero-order valence-corrected chi connectivity index (χ0v) is 16.2. The summed E-state index contributed by atoms with van der Waals surface area (Å²) in [5, 5.41) is 16.5. The smallest absolute Gasteiger partial charge is 0.326 e. The lowest BCUT2D eigenvalue weighted by atomic mass is 10.0. The molecular formula is C21H26N4O4. The van der Waals surface area contributed by atoms with E-state index in [2.05, 4.69) is 15.6 Å². The molecule has 0 spiro atoms. The second kappa shape index (κ2) is 8.24. The monoisotopic (exact) mass is 398 g/mol. The van der Waals surface area contributed by atoms with Crippen molar-refractivity contribution in [3.8, 4) is 0 Å². The molecule has 0 bridgehead atoms. The first kappa shape index (κ1) is 19.4. The second-order valence-corrected chi connectivity index (χ2v) is 7.80. The van der Waals surface area contributed by atoms with Crippen LogP contribution in [0.15, 0.2) is 30.5 Å². The number of carboxylic acids is 1. The van der Waals surface area contributed by atoms with Crippen molar-refractivity contribution in [2.24, 2.45) is 0 Å². The van der Waals surface area contributed by atoms with Crippen molar-refractivity contribution in [3.05, 3.63) is 36.0 Å². The normalized spacial score (nSPS) is 22.7. The van der Waals surface area contributed by atoms with E-state index in [9.17, 15) is 19.5 Å². The lowest BCUT2D eigenvalue weighted by Crippen LogP contribution is -2.55. The van der Waals surface area contributed by atoms with E-state index in [1.165, 1.54) is 4.90 Å². The maximum atomic E-state index is 13.3. The Hall–Kier alpha value is -2.87. The zero-order valence-electron chi connectivity index (χ0n) is 16.2. The molecule has 0 saturated carbocycles. The van der Waals surface area contributed by atoms with Gasteiger partial charge < -0.3 is 25.6 Å². The fourth-order valence-electron chi connectivity index (χ4n) is 4.39. The first-order valence-electron chi connectivity index (χ1n) is 10.2. The van der Waals surface area contributed by atoms with Gasteiger partial charge in [0.1, 0.15) is 12.1 Å². The number of nitrogens with one attached hydrogen (secondary N) is 3. The second-order valence-electron chi connectivity index (χ2n) is 7.80. The van der Waals surface area contributed by atoms with Crippen molar-refractivity contribution in [1.82, 2.24) is 20.5 Å². The van der Waals surface area contributed by atoms with Crippen LogP contribution in [-0.4, -0.2) is 64.0 Å². The predicted octanol–water partition coefficient (Wildman–Crippen LogP) is 1.02. The number of para-hydroxylation sites is 1. The third-order valence-electron chi connectivity index (χ3n) is 5.91. The lowest BCUT2D eigenvalue weighted by molar-refractivity contribution is -0.149. The Labute approximate surface area is 168 Å². The van der Waals surface area contributed by atoms with E-state index in [4.69, 9.17) is 0 Å². The molecule has 0 unspecified atom stereocenters. The molecule has 8 nitrogen and oxygen atoms in total. The quantitative estimate of drug-likeness (QED) is 0.580. The van der Waals surface area contributed by atoms with Crippen LogP contribution in [-0.2, 0) is 20.8 Å². The van der Waals surface area contributed by atoms with Crippen LogP contribution in [0, 0.1) is 0 Å². The van der Waals surface area contributed by atoms with E-state index in [0.717, 1.165) is 35.9 Å². The summed E-state index contributed by atoms with van der Waals surface area (Å²) in [6.45, 7) is 1.18. The number of aliphatic carboxylic acids is 1. The van der Waals surface area contributed by atoms with Crippen molar-refractivity contribution < 1.29 is 19.5 Å². The number of hydrogen-bond donors (Lipinski definition) is 4. The highest BCUT2D eigenvalue weighted by atomic mass is 16.4. The van der Waals surface area contributed by atoms with Gasteiger partial charge >= 0.3 is 5.97 Å². The maximum absolute atomic E-state index is 13.3. The summed E-state index contributed by atoms with van der Waals surface area (Å²) in [5.41, 5.74) is 1.88. The summed E-state index contributed by atoms with van der Waals surface area (Å²) in [4.78, 5) is 42.2. The third-order valence-corrected chi connectivity index (χ3v) is 5.91. The van der Waals surface area contributed by atoms with Gasteiger partial charge in [0.05, 0.1) is 6.04 Å². The minimum Gasteiger partial charge on any atom is -0.480 e. The molecule has 0 aliphatic carbocycles. The number of H-pyrrole nitrogens is 1. The fourth-order valence-corrected chi connectivity index (χ4v) is 4.39. The average Bonchev–Trinajstić information content (AvgIpc) is 3.47. The number of carbonyl (C=O) groups excluding carboxylic acids is 2. The highest BCUT2D eigenvalue weighted by Gasteiger charge is 2.38. The molecule has 154 valence electrons. The van der Waals surface area contributed by atoms with Gasteiger partial charge in [0.25, 0.3) is 0 Å². The van der Waals surface area contributed by atoms with Crippen LogP contribution in [0.5, 0.6) is 0 Å². The number of carbonyl (C=O) groups is 3. The van der Waals surface area contributed by atoms with Gasteiger partial charge in [-0.05, 0) is 43.9 Å². The number of benzene rings is 1.